The van der Waals surface area contributed by atoms with Crippen molar-refractivity contribution >= 4 is 17.4 Å². The molecule has 1 aliphatic heterocycles. The molecule has 1 amide bonds. The van der Waals surface area contributed by atoms with E-state index < -0.39 is 10.8 Å². The summed E-state index contributed by atoms with van der Waals surface area (Å²) in [5, 5.41) is 14.1. The number of pyridine rings is 1. The third-order valence-corrected chi connectivity index (χ3v) is 4.99. The summed E-state index contributed by atoms with van der Waals surface area (Å²) >= 11 is 0. The summed E-state index contributed by atoms with van der Waals surface area (Å²) < 4.78 is 11.2. The Hall–Kier alpha value is -3.98. The van der Waals surface area contributed by atoms with Crippen molar-refractivity contribution in [3.8, 4) is 11.5 Å². The van der Waals surface area contributed by atoms with Crippen LogP contribution in [0, 0.1) is 10.1 Å². The van der Waals surface area contributed by atoms with Crippen LogP contribution in [0.25, 0.3) is 0 Å². The van der Waals surface area contributed by atoms with Crippen molar-refractivity contribution in [1.29, 1.82) is 0 Å². The average molecular weight is 434 g/mol. The molecule has 0 aliphatic carbocycles. The van der Waals surface area contributed by atoms with Crippen LogP contribution in [0.3, 0.4) is 0 Å². The zero-order valence-corrected chi connectivity index (χ0v) is 17.3. The topological polar surface area (TPSA) is 107 Å². The maximum absolute atomic E-state index is 12.9. The summed E-state index contributed by atoms with van der Waals surface area (Å²) in [4.78, 5) is 30.1. The minimum atomic E-state index is -0.541. The largest absolute Gasteiger partial charge is 0.457 e. The number of nitro benzene ring substituents is 1. The summed E-state index contributed by atoms with van der Waals surface area (Å²) in [7, 11) is 0. The average Bonchev–Trinajstić information content (AvgIpc) is 2.84. The van der Waals surface area contributed by atoms with E-state index in [9.17, 15) is 14.9 Å². The molecular formula is C23H22N4O5. The SMILES string of the molecule is O=C(NCc1ccnc(N2CCOCC2)c1)c1cc([N+](=O)[O-])ccc1Oc1ccccc1. The number of hydrogen-bond acceptors (Lipinski definition) is 7. The highest BCUT2D eigenvalue weighted by Crippen LogP contribution is 2.29. The van der Waals surface area contributed by atoms with Gasteiger partial charge in [-0.3, -0.25) is 14.9 Å². The molecule has 2 aromatic carbocycles. The molecule has 3 aromatic rings. The Morgan fingerprint density at radius 3 is 2.66 bits per heavy atom. The zero-order chi connectivity index (χ0) is 22.3. The number of non-ortho nitro benzene ring substituents is 1. The van der Waals surface area contributed by atoms with Gasteiger partial charge < -0.3 is 19.7 Å². The van der Waals surface area contributed by atoms with Gasteiger partial charge in [0.1, 0.15) is 17.3 Å². The van der Waals surface area contributed by atoms with Crippen LogP contribution >= 0.6 is 0 Å². The molecule has 1 aliphatic rings. The Balaban J connectivity index is 1.51. The van der Waals surface area contributed by atoms with E-state index in [0.717, 1.165) is 24.5 Å². The van der Waals surface area contributed by atoms with E-state index in [4.69, 9.17) is 9.47 Å². The molecule has 9 nitrogen and oxygen atoms in total. The van der Waals surface area contributed by atoms with Gasteiger partial charge in [-0.25, -0.2) is 4.98 Å². The van der Waals surface area contributed by atoms with E-state index in [1.165, 1.54) is 18.2 Å². The molecule has 0 atom stereocenters. The third kappa shape index (κ3) is 5.19. The van der Waals surface area contributed by atoms with Crippen LogP contribution in [0.5, 0.6) is 11.5 Å². The molecule has 1 aromatic heterocycles. The maximum atomic E-state index is 12.9. The van der Waals surface area contributed by atoms with Crippen molar-refractivity contribution in [1.82, 2.24) is 10.3 Å². The lowest BCUT2D eigenvalue weighted by Crippen LogP contribution is -2.36. The number of ether oxygens (including phenoxy) is 2. The molecule has 1 N–H and O–H groups in total. The van der Waals surface area contributed by atoms with Gasteiger partial charge in [0.25, 0.3) is 11.6 Å². The van der Waals surface area contributed by atoms with Crippen molar-refractivity contribution < 1.29 is 19.2 Å². The third-order valence-electron chi connectivity index (χ3n) is 4.99. The fraction of sp³-hybridized carbons (Fsp3) is 0.217. The minimum absolute atomic E-state index is 0.0884. The lowest BCUT2D eigenvalue weighted by Gasteiger charge is -2.28. The normalized spacial score (nSPS) is 13.4. The Bertz CT molecular complexity index is 1100. The standard InChI is InChI=1S/C23H22N4O5/c28-23(25-16-17-8-9-24-22(14-17)26-10-12-31-13-11-26)20-15-18(27(29)30)6-7-21(20)32-19-4-2-1-3-5-19/h1-9,14-15H,10-13,16H2,(H,25,28). The molecule has 4 rings (SSSR count). The second-order valence-corrected chi connectivity index (χ2v) is 7.16. The number of carbonyl (C=O) groups is 1. The first-order chi connectivity index (χ1) is 15.6. The monoisotopic (exact) mass is 434 g/mol. The van der Waals surface area contributed by atoms with Gasteiger partial charge in [0.2, 0.25) is 0 Å². The van der Waals surface area contributed by atoms with Crippen LogP contribution < -0.4 is 15.0 Å². The number of nitro groups is 1. The number of aromatic nitrogens is 1. The highest BCUT2D eigenvalue weighted by atomic mass is 16.6. The number of hydrogen-bond donors (Lipinski definition) is 1. The summed E-state index contributed by atoms with van der Waals surface area (Å²) in [5.41, 5.74) is 0.769. The molecule has 2 heterocycles. The summed E-state index contributed by atoms with van der Waals surface area (Å²) in [6, 6.07) is 16.6. The number of para-hydroxylation sites is 1. The molecule has 164 valence electrons. The Morgan fingerprint density at radius 1 is 1.12 bits per heavy atom. The van der Waals surface area contributed by atoms with Crippen molar-refractivity contribution in [3.05, 3.63) is 88.1 Å². The van der Waals surface area contributed by atoms with Crippen LogP contribution in [0.4, 0.5) is 11.5 Å². The van der Waals surface area contributed by atoms with E-state index >= 15 is 0 Å². The summed E-state index contributed by atoms with van der Waals surface area (Å²) in [5.74, 6) is 1.12. The number of carbonyl (C=O) groups excluding carboxylic acids is 1. The Labute approximate surface area is 184 Å². The van der Waals surface area contributed by atoms with E-state index in [0.29, 0.717) is 19.0 Å². The quantitative estimate of drug-likeness (QED) is 0.448. The maximum Gasteiger partial charge on any atom is 0.270 e. The first-order valence-corrected chi connectivity index (χ1v) is 10.2. The molecule has 0 unspecified atom stereocenters. The van der Waals surface area contributed by atoms with Crippen LogP contribution in [0.15, 0.2) is 66.9 Å². The van der Waals surface area contributed by atoms with Crippen molar-refractivity contribution in [2.45, 2.75) is 6.54 Å². The number of anilines is 1. The first kappa shape index (κ1) is 21.3. The Morgan fingerprint density at radius 2 is 1.91 bits per heavy atom. The van der Waals surface area contributed by atoms with E-state index in [1.54, 1.807) is 30.5 Å². The predicted octanol–water partition coefficient (Wildman–Crippen LogP) is 3.55. The van der Waals surface area contributed by atoms with Gasteiger partial charge in [0.05, 0.1) is 23.7 Å². The highest BCUT2D eigenvalue weighted by molar-refractivity contribution is 5.97. The van der Waals surface area contributed by atoms with Gasteiger partial charge in [-0.15, -0.1) is 0 Å². The van der Waals surface area contributed by atoms with E-state index in [-0.39, 0.29) is 23.5 Å². The lowest BCUT2D eigenvalue weighted by molar-refractivity contribution is -0.384. The second kappa shape index (κ2) is 9.88. The van der Waals surface area contributed by atoms with E-state index in [1.807, 2.05) is 18.2 Å². The number of amides is 1. The highest BCUT2D eigenvalue weighted by Gasteiger charge is 2.19. The zero-order valence-electron chi connectivity index (χ0n) is 17.3. The molecule has 32 heavy (non-hydrogen) atoms. The van der Waals surface area contributed by atoms with Crippen LogP contribution in [-0.2, 0) is 11.3 Å². The van der Waals surface area contributed by atoms with Gasteiger partial charge in [-0.05, 0) is 35.9 Å². The molecule has 0 saturated carbocycles. The van der Waals surface area contributed by atoms with Gasteiger partial charge in [0, 0.05) is 38.0 Å². The number of nitrogens with one attached hydrogen (secondary N) is 1. The first-order valence-electron chi connectivity index (χ1n) is 10.2. The van der Waals surface area contributed by atoms with E-state index in [2.05, 4.69) is 15.2 Å². The van der Waals surface area contributed by atoms with Crippen LogP contribution in [-0.4, -0.2) is 42.1 Å². The minimum Gasteiger partial charge on any atom is -0.457 e. The molecule has 0 radical (unpaired) electrons. The predicted molar refractivity (Wildman–Crippen MR) is 118 cm³/mol. The fourth-order valence-corrected chi connectivity index (χ4v) is 3.33. The van der Waals surface area contributed by atoms with Crippen LogP contribution in [0.2, 0.25) is 0 Å². The summed E-state index contributed by atoms with van der Waals surface area (Å²) in [6.45, 7) is 3.07. The molecular weight excluding hydrogens is 412 g/mol. The smallest absolute Gasteiger partial charge is 0.270 e. The summed E-state index contributed by atoms with van der Waals surface area (Å²) in [6.07, 6.45) is 1.70. The van der Waals surface area contributed by atoms with Crippen molar-refractivity contribution in [3.63, 3.8) is 0 Å². The second-order valence-electron chi connectivity index (χ2n) is 7.16. The number of morpholine rings is 1. The number of nitrogens with zero attached hydrogens (tertiary/aromatic N) is 3. The lowest BCUT2D eigenvalue weighted by atomic mass is 10.1. The van der Waals surface area contributed by atoms with Gasteiger partial charge in [0.15, 0.2) is 0 Å². The molecule has 0 spiro atoms. The van der Waals surface area contributed by atoms with Gasteiger partial charge >= 0.3 is 0 Å². The van der Waals surface area contributed by atoms with Gasteiger partial charge in [-0.1, -0.05) is 18.2 Å². The molecule has 0 bridgehead atoms. The Kier molecular flexibility index (Phi) is 6.57. The molecule has 1 fully saturated rings. The molecule has 9 heteroatoms. The van der Waals surface area contributed by atoms with Crippen molar-refractivity contribution in [2.24, 2.45) is 0 Å². The number of rotatable bonds is 7. The molecule has 1 saturated heterocycles. The van der Waals surface area contributed by atoms with Crippen molar-refractivity contribution in [2.75, 3.05) is 31.2 Å². The fourth-order valence-electron chi connectivity index (χ4n) is 3.33. The number of benzene rings is 2. The van der Waals surface area contributed by atoms with Gasteiger partial charge in [-0.2, -0.15) is 0 Å². The van der Waals surface area contributed by atoms with Crippen LogP contribution in [0.1, 0.15) is 15.9 Å².